The predicted molar refractivity (Wildman–Crippen MR) is 97.5 cm³/mol. The average Bonchev–Trinajstić information content (AvgIpc) is 2.80. The Hall–Kier alpha value is -1.11. The molecule has 0 atom stereocenters. The van der Waals surface area contributed by atoms with E-state index >= 15 is 0 Å². The van der Waals surface area contributed by atoms with Crippen molar-refractivity contribution in [2.45, 2.75) is 58.2 Å². The highest BCUT2D eigenvalue weighted by Crippen LogP contribution is 2.40. The van der Waals surface area contributed by atoms with E-state index < -0.39 is 8.07 Å². The van der Waals surface area contributed by atoms with Gasteiger partial charge in [0.25, 0.3) is 0 Å². The zero-order chi connectivity index (χ0) is 15.6. The van der Waals surface area contributed by atoms with Gasteiger partial charge < -0.3 is 0 Å². The van der Waals surface area contributed by atoms with E-state index in [1.807, 2.05) is 6.07 Å². The van der Waals surface area contributed by atoms with E-state index in [1.165, 1.54) is 4.70 Å². The Balaban J connectivity index is 2.46. The van der Waals surface area contributed by atoms with Crippen molar-refractivity contribution in [3.05, 3.63) is 29.3 Å². The minimum absolute atomic E-state index is 0.666. The van der Waals surface area contributed by atoms with Gasteiger partial charge in [-0.15, -0.1) is 16.9 Å². The van der Waals surface area contributed by atoms with E-state index in [0.717, 1.165) is 10.5 Å². The van der Waals surface area contributed by atoms with Gasteiger partial charge in [0.2, 0.25) is 0 Å². The van der Waals surface area contributed by atoms with Gasteiger partial charge in [-0.3, -0.25) is 0 Å². The van der Waals surface area contributed by atoms with Gasteiger partial charge in [0, 0.05) is 0 Å². The number of hydrogen-bond donors (Lipinski definition) is 0. The standard InChI is InChI=1S/C18H25NSSi/c1-13(2)21(14(3)4,15(5)6)12-11-18-19-16-9-7-8-10-17(16)20-18/h7-10,13-15H,1-6H3. The molecule has 1 aromatic carbocycles. The van der Waals surface area contributed by atoms with Crippen molar-refractivity contribution in [1.29, 1.82) is 0 Å². The molecule has 112 valence electrons. The quantitative estimate of drug-likeness (QED) is 0.510. The van der Waals surface area contributed by atoms with E-state index in [4.69, 9.17) is 0 Å². The Morgan fingerprint density at radius 1 is 0.952 bits per heavy atom. The smallest absolute Gasteiger partial charge is 0.167 e. The molecule has 3 heteroatoms. The molecule has 0 saturated heterocycles. The molecule has 1 heterocycles. The first kappa shape index (κ1) is 16.3. The van der Waals surface area contributed by atoms with Crippen LogP contribution in [0.3, 0.4) is 0 Å². The summed E-state index contributed by atoms with van der Waals surface area (Å²) in [5, 5.41) is 0.968. The Bertz CT molecular complexity index is 618. The highest BCUT2D eigenvalue weighted by molar-refractivity contribution is 7.19. The monoisotopic (exact) mass is 315 g/mol. The van der Waals surface area contributed by atoms with Crippen LogP contribution < -0.4 is 0 Å². The summed E-state index contributed by atoms with van der Waals surface area (Å²) in [6.45, 7) is 14.1. The molecule has 0 bridgehead atoms. The molecule has 0 aliphatic carbocycles. The van der Waals surface area contributed by atoms with Gasteiger partial charge in [-0.1, -0.05) is 53.7 Å². The topological polar surface area (TPSA) is 12.9 Å². The van der Waals surface area contributed by atoms with Gasteiger partial charge in [0.1, 0.15) is 8.07 Å². The maximum absolute atomic E-state index is 4.66. The summed E-state index contributed by atoms with van der Waals surface area (Å²) in [6.07, 6.45) is 0. The van der Waals surface area contributed by atoms with E-state index in [-0.39, 0.29) is 0 Å². The Morgan fingerprint density at radius 2 is 1.52 bits per heavy atom. The summed E-state index contributed by atoms with van der Waals surface area (Å²) >= 11 is 1.71. The van der Waals surface area contributed by atoms with Gasteiger partial charge in [-0.25, -0.2) is 4.98 Å². The van der Waals surface area contributed by atoms with Gasteiger partial charge >= 0.3 is 0 Å². The van der Waals surface area contributed by atoms with Crippen molar-refractivity contribution >= 4 is 29.6 Å². The summed E-state index contributed by atoms with van der Waals surface area (Å²) in [7, 11) is -1.65. The predicted octanol–water partition coefficient (Wildman–Crippen LogP) is 5.87. The largest absolute Gasteiger partial charge is 0.228 e. The molecule has 1 aromatic heterocycles. The third-order valence-corrected chi connectivity index (χ3v) is 11.8. The lowest BCUT2D eigenvalue weighted by Crippen LogP contribution is -2.43. The molecule has 2 aromatic rings. The number of fused-ring (bicyclic) bond motifs is 1. The van der Waals surface area contributed by atoms with Crippen LogP contribution in [-0.4, -0.2) is 13.1 Å². The molecule has 2 rings (SSSR count). The third kappa shape index (κ3) is 3.07. The minimum atomic E-state index is -1.65. The first-order valence-corrected chi connectivity index (χ1v) is 10.8. The number of nitrogens with zero attached hydrogens (tertiary/aromatic N) is 1. The van der Waals surface area contributed by atoms with Crippen molar-refractivity contribution in [3.8, 4) is 11.5 Å². The molecule has 0 spiro atoms. The molecule has 0 aliphatic rings. The van der Waals surface area contributed by atoms with E-state index in [9.17, 15) is 0 Å². The van der Waals surface area contributed by atoms with E-state index in [0.29, 0.717) is 16.6 Å². The number of hydrogen-bond acceptors (Lipinski definition) is 2. The normalized spacial score (nSPS) is 12.2. The second kappa shape index (κ2) is 6.33. The van der Waals surface area contributed by atoms with Crippen LogP contribution >= 0.6 is 11.3 Å². The van der Waals surface area contributed by atoms with Crippen LogP contribution in [0.15, 0.2) is 24.3 Å². The number of benzene rings is 1. The zero-order valence-electron chi connectivity index (χ0n) is 13.9. The van der Waals surface area contributed by atoms with Gasteiger partial charge in [0.05, 0.1) is 10.2 Å². The van der Waals surface area contributed by atoms with Crippen LogP contribution in [-0.2, 0) is 0 Å². The van der Waals surface area contributed by atoms with E-state index in [2.05, 4.69) is 76.2 Å². The van der Waals surface area contributed by atoms with Crippen LogP contribution in [0.2, 0.25) is 16.6 Å². The Kier molecular flexibility index (Phi) is 4.90. The molecule has 0 aliphatic heterocycles. The average molecular weight is 316 g/mol. The maximum atomic E-state index is 4.66. The van der Waals surface area contributed by atoms with Gasteiger partial charge in [0.15, 0.2) is 5.01 Å². The summed E-state index contributed by atoms with van der Waals surface area (Å²) < 4.78 is 1.23. The number of para-hydroxylation sites is 1. The SMILES string of the molecule is CC(C)[Si](C#Cc1nc2ccccc2s1)(C(C)C)C(C)C. The van der Waals surface area contributed by atoms with Crippen LogP contribution in [0.25, 0.3) is 10.2 Å². The van der Waals surface area contributed by atoms with Crippen molar-refractivity contribution in [2.24, 2.45) is 0 Å². The van der Waals surface area contributed by atoms with Crippen LogP contribution in [0.4, 0.5) is 0 Å². The second-order valence-electron chi connectivity index (χ2n) is 6.63. The first-order chi connectivity index (χ1) is 9.87. The summed E-state index contributed by atoms with van der Waals surface area (Å²) in [5.41, 5.74) is 6.81. The summed E-state index contributed by atoms with van der Waals surface area (Å²) in [6, 6.07) is 8.28. The number of thiazole rings is 1. The lowest BCUT2D eigenvalue weighted by Gasteiger charge is -2.37. The fraction of sp³-hybridized carbons (Fsp3) is 0.500. The fourth-order valence-electron chi connectivity index (χ4n) is 3.52. The van der Waals surface area contributed by atoms with Crippen molar-refractivity contribution in [1.82, 2.24) is 4.98 Å². The Labute approximate surface area is 133 Å². The van der Waals surface area contributed by atoms with E-state index in [1.54, 1.807) is 11.3 Å². The molecule has 0 saturated carbocycles. The molecule has 1 nitrogen and oxygen atoms in total. The zero-order valence-corrected chi connectivity index (χ0v) is 15.7. The molecule has 0 N–H and O–H groups in total. The summed E-state index contributed by atoms with van der Waals surface area (Å²) in [4.78, 5) is 4.66. The van der Waals surface area contributed by atoms with Crippen LogP contribution in [0.1, 0.15) is 46.6 Å². The lowest BCUT2D eigenvalue weighted by molar-refractivity contribution is 0.838. The van der Waals surface area contributed by atoms with Crippen molar-refractivity contribution in [3.63, 3.8) is 0 Å². The van der Waals surface area contributed by atoms with Crippen LogP contribution in [0.5, 0.6) is 0 Å². The molecule has 0 amide bonds. The molecular weight excluding hydrogens is 290 g/mol. The molecule has 0 fully saturated rings. The minimum Gasteiger partial charge on any atom is -0.228 e. The number of aromatic nitrogens is 1. The molecule has 0 unspecified atom stereocenters. The number of rotatable bonds is 3. The molecule has 21 heavy (non-hydrogen) atoms. The highest BCUT2D eigenvalue weighted by Gasteiger charge is 2.41. The molecular formula is C18H25NSSi. The highest BCUT2D eigenvalue weighted by atomic mass is 32.1. The van der Waals surface area contributed by atoms with Crippen molar-refractivity contribution in [2.75, 3.05) is 0 Å². The van der Waals surface area contributed by atoms with Gasteiger partial charge in [-0.05, 0) is 34.7 Å². The van der Waals surface area contributed by atoms with Gasteiger partial charge in [-0.2, -0.15) is 0 Å². The second-order valence-corrected chi connectivity index (χ2v) is 13.2. The van der Waals surface area contributed by atoms with Crippen molar-refractivity contribution < 1.29 is 0 Å². The fourth-order valence-corrected chi connectivity index (χ4v) is 9.63. The lowest BCUT2D eigenvalue weighted by atomic mass is 10.3. The summed E-state index contributed by atoms with van der Waals surface area (Å²) in [5.74, 6) is 3.44. The maximum Gasteiger partial charge on any atom is 0.167 e. The Morgan fingerprint density at radius 3 is 2.05 bits per heavy atom. The first-order valence-electron chi connectivity index (χ1n) is 7.76. The van der Waals surface area contributed by atoms with Crippen LogP contribution in [0, 0.1) is 11.5 Å². The molecule has 0 radical (unpaired) electrons. The third-order valence-electron chi connectivity index (χ3n) is 4.55.